The SMILES string of the molecule is CNCCCOCCCNC(=O)CCC(=O)NCCCn1cc(C(=O)NCC(NS(=O)(=O)c2c(C)cc(C)cc2C)C(=O)OC)c(=O)c2ccc(CNc3nccn3C)cc21. The van der Waals surface area contributed by atoms with Crippen molar-refractivity contribution in [1.82, 2.24) is 40.1 Å². The fourth-order valence-corrected chi connectivity index (χ4v) is 8.43. The molecule has 2 aromatic carbocycles. The number of imidazole rings is 1. The van der Waals surface area contributed by atoms with Crippen molar-refractivity contribution in [2.45, 2.75) is 76.9 Å². The summed E-state index contributed by atoms with van der Waals surface area (Å²) in [6.07, 6.45) is 6.92. The highest BCUT2D eigenvalue weighted by molar-refractivity contribution is 7.89. The number of amides is 3. The maximum absolute atomic E-state index is 13.9. The number of hydrogen-bond acceptors (Lipinski definition) is 12. The molecule has 0 saturated heterocycles. The number of hydrogen-bond donors (Lipinski definition) is 6. The Labute approximate surface area is 356 Å². The molecule has 4 aromatic rings. The summed E-state index contributed by atoms with van der Waals surface area (Å²) in [5, 5.41) is 14.7. The summed E-state index contributed by atoms with van der Waals surface area (Å²) < 4.78 is 43.3. The summed E-state index contributed by atoms with van der Waals surface area (Å²) in [7, 11) is 0.593. The predicted octanol–water partition coefficient (Wildman–Crippen LogP) is 1.94. The van der Waals surface area contributed by atoms with E-state index in [0.717, 1.165) is 31.2 Å². The number of benzene rings is 2. The number of aryl methyl sites for hydroxylation is 5. The molecule has 332 valence electrons. The van der Waals surface area contributed by atoms with E-state index in [0.29, 0.717) is 61.7 Å². The summed E-state index contributed by atoms with van der Waals surface area (Å²) in [6, 6.07) is 7.14. The van der Waals surface area contributed by atoms with Gasteiger partial charge in [0.05, 0.1) is 17.5 Å². The number of ether oxygens (including phenoxy) is 2. The summed E-state index contributed by atoms with van der Waals surface area (Å²) >= 11 is 0. The minimum absolute atomic E-state index is 0.00967. The third kappa shape index (κ3) is 14.2. The number of esters is 1. The van der Waals surface area contributed by atoms with Gasteiger partial charge in [0.2, 0.25) is 33.2 Å². The number of fused-ring (bicyclic) bond motifs is 1. The van der Waals surface area contributed by atoms with Crippen LogP contribution in [0.3, 0.4) is 0 Å². The van der Waals surface area contributed by atoms with Gasteiger partial charge in [-0.15, -0.1) is 0 Å². The van der Waals surface area contributed by atoms with Crippen LogP contribution in [0.2, 0.25) is 0 Å². The summed E-state index contributed by atoms with van der Waals surface area (Å²) in [4.78, 5) is 69.5. The van der Waals surface area contributed by atoms with E-state index in [1.807, 2.05) is 31.7 Å². The Bertz CT molecular complexity index is 2300. The van der Waals surface area contributed by atoms with Crippen LogP contribution < -0.4 is 36.7 Å². The van der Waals surface area contributed by atoms with Crippen molar-refractivity contribution in [2.75, 3.05) is 58.9 Å². The van der Waals surface area contributed by atoms with Crippen LogP contribution in [0, 0.1) is 20.8 Å². The largest absolute Gasteiger partial charge is 0.468 e. The number of aromatic nitrogens is 3. The Morgan fingerprint density at radius 3 is 2.16 bits per heavy atom. The topological polar surface area (TPSA) is 233 Å². The average Bonchev–Trinajstić information content (AvgIpc) is 3.64. The first-order valence-electron chi connectivity index (χ1n) is 20.2. The molecule has 6 N–H and O–H groups in total. The third-order valence-corrected chi connectivity index (χ3v) is 11.5. The first-order valence-corrected chi connectivity index (χ1v) is 21.7. The van der Waals surface area contributed by atoms with E-state index in [2.05, 4.69) is 36.3 Å². The molecule has 19 heteroatoms. The molecule has 4 rings (SSSR count). The lowest BCUT2D eigenvalue weighted by Crippen LogP contribution is -2.49. The predicted molar refractivity (Wildman–Crippen MR) is 232 cm³/mol. The van der Waals surface area contributed by atoms with Crippen molar-refractivity contribution in [3.8, 4) is 0 Å². The smallest absolute Gasteiger partial charge is 0.325 e. The maximum atomic E-state index is 13.9. The molecule has 61 heavy (non-hydrogen) atoms. The zero-order valence-electron chi connectivity index (χ0n) is 35.8. The number of rotatable bonds is 25. The Morgan fingerprint density at radius 1 is 0.885 bits per heavy atom. The molecule has 0 bridgehead atoms. The molecule has 2 heterocycles. The van der Waals surface area contributed by atoms with Crippen molar-refractivity contribution in [3.05, 3.63) is 87.0 Å². The molecular weight excluding hydrogens is 807 g/mol. The van der Waals surface area contributed by atoms with Gasteiger partial charge < -0.3 is 45.2 Å². The van der Waals surface area contributed by atoms with Gasteiger partial charge in [-0.1, -0.05) is 23.8 Å². The fraction of sp³-hybridized carbons (Fsp3) is 0.476. The Hall–Kier alpha value is -5.63. The monoisotopic (exact) mass is 865 g/mol. The first-order chi connectivity index (χ1) is 29.1. The standard InChI is InChI=1S/C42H59N9O9S/c1-28-22-29(2)39(30(3)23-28)61(57,58)49-34(41(56)59-6)26-47-40(55)33-27-51(35-24-31(10-11-32(35)38(33)54)25-48-42-46-17-19-50(42)5)18-7-15-44-36(52)12-13-37(53)45-16-9-21-60-20-8-14-43-4/h10-11,17,19,22-24,27,34,43,49H,7-9,12-16,18,20-21,25-26H2,1-6H3,(H,44,52)(H,45,53)(H,46,48)(H,47,55). The van der Waals surface area contributed by atoms with Gasteiger partial charge in [-0.25, -0.2) is 13.4 Å². The lowest BCUT2D eigenvalue weighted by molar-refractivity contribution is -0.142. The molecule has 0 aliphatic rings. The van der Waals surface area contributed by atoms with Crippen LogP contribution in [0.25, 0.3) is 10.9 Å². The number of nitrogens with one attached hydrogen (secondary N) is 6. The summed E-state index contributed by atoms with van der Waals surface area (Å²) in [5.41, 5.74) is 2.39. The van der Waals surface area contributed by atoms with Crippen molar-refractivity contribution < 1.29 is 37.1 Å². The van der Waals surface area contributed by atoms with Crippen LogP contribution in [-0.4, -0.2) is 106 Å². The summed E-state index contributed by atoms with van der Waals surface area (Å²) in [6.45, 7) is 8.08. The highest BCUT2D eigenvalue weighted by Crippen LogP contribution is 2.22. The highest BCUT2D eigenvalue weighted by Gasteiger charge is 2.30. The van der Waals surface area contributed by atoms with Gasteiger partial charge in [-0.3, -0.25) is 24.0 Å². The lowest BCUT2D eigenvalue weighted by Gasteiger charge is -2.20. The Morgan fingerprint density at radius 2 is 1.54 bits per heavy atom. The normalized spacial score (nSPS) is 11.9. The highest BCUT2D eigenvalue weighted by atomic mass is 32.2. The van der Waals surface area contributed by atoms with Gasteiger partial charge in [-0.05, 0) is 82.4 Å². The third-order valence-electron chi connectivity index (χ3n) is 9.77. The molecule has 0 spiro atoms. The van der Waals surface area contributed by atoms with Crippen molar-refractivity contribution in [3.63, 3.8) is 0 Å². The van der Waals surface area contributed by atoms with E-state index in [-0.39, 0.29) is 53.6 Å². The quantitative estimate of drug-likeness (QED) is 0.0415. The second-order valence-electron chi connectivity index (χ2n) is 14.7. The molecule has 0 fully saturated rings. The Balaban J connectivity index is 1.44. The molecule has 0 radical (unpaired) electrons. The minimum atomic E-state index is -4.24. The van der Waals surface area contributed by atoms with Gasteiger partial charge in [0, 0.05) is 89.8 Å². The zero-order chi connectivity index (χ0) is 44.5. The maximum Gasteiger partial charge on any atom is 0.325 e. The lowest BCUT2D eigenvalue weighted by atomic mass is 10.1. The second kappa shape index (κ2) is 23.4. The number of pyridine rings is 1. The fourth-order valence-electron chi connectivity index (χ4n) is 6.79. The van der Waals surface area contributed by atoms with E-state index < -0.39 is 39.9 Å². The van der Waals surface area contributed by atoms with Crippen molar-refractivity contribution >= 4 is 50.6 Å². The van der Waals surface area contributed by atoms with E-state index in [1.54, 1.807) is 55.1 Å². The van der Waals surface area contributed by atoms with E-state index in [9.17, 15) is 32.4 Å². The molecule has 3 amide bonds. The van der Waals surface area contributed by atoms with Crippen LogP contribution in [-0.2, 0) is 54.0 Å². The Kier molecular flexibility index (Phi) is 18.4. The van der Waals surface area contributed by atoms with Crippen LogP contribution in [0.5, 0.6) is 0 Å². The molecule has 2 aromatic heterocycles. The molecule has 18 nitrogen and oxygen atoms in total. The molecule has 0 aliphatic carbocycles. The van der Waals surface area contributed by atoms with Gasteiger partial charge in [0.15, 0.2) is 0 Å². The van der Waals surface area contributed by atoms with Gasteiger partial charge in [0.25, 0.3) is 5.91 Å². The average molecular weight is 866 g/mol. The number of anilines is 1. The molecular formula is C42H59N9O9S. The van der Waals surface area contributed by atoms with Crippen LogP contribution in [0.1, 0.15) is 64.7 Å². The summed E-state index contributed by atoms with van der Waals surface area (Å²) in [5.74, 6) is -1.64. The minimum Gasteiger partial charge on any atom is -0.468 e. The zero-order valence-corrected chi connectivity index (χ0v) is 36.6. The first kappa shape index (κ1) is 48.0. The number of methoxy groups -OCH3 is 1. The van der Waals surface area contributed by atoms with Crippen LogP contribution in [0.4, 0.5) is 5.95 Å². The van der Waals surface area contributed by atoms with Crippen LogP contribution in [0.15, 0.2) is 58.6 Å². The molecule has 0 aliphatic heterocycles. The van der Waals surface area contributed by atoms with Gasteiger partial charge in [-0.2, -0.15) is 4.72 Å². The number of carbonyl (C=O) groups excluding carboxylic acids is 4. The number of sulfonamides is 1. The second-order valence-corrected chi connectivity index (χ2v) is 16.4. The van der Waals surface area contributed by atoms with Crippen LogP contribution >= 0.6 is 0 Å². The van der Waals surface area contributed by atoms with E-state index >= 15 is 0 Å². The van der Waals surface area contributed by atoms with Crippen molar-refractivity contribution in [1.29, 1.82) is 0 Å². The molecule has 1 atom stereocenters. The number of carbonyl (C=O) groups is 4. The van der Waals surface area contributed by atoms with E-state index in [4.69, 9.17) is 9.47 Å². The van der Waals surface area contributed by atoms with Gasteiger partial charge >= 0.3 is 5.97 Å². The molecule has 1 unspecified atom stereocenters. The molecule has 0 saturated carbocycles. The number of nitrogens with zero attached hydrogens (tertiary/aromatic N) is 3. The van der Waals surface area contributed by atoms with Crippen molar-refractivity contribution in [2.24, 2.45) is 7.05 Å². The van der Waals surface area contributed by atoms with E-state index in [1.165, 1.54) is 6.20 Å². The van der Waals surface area contributed by atoms with Gasteiger partial charge in [0.1, 0.15) is 11.6 Å².